The molecule has 6 heteroatoms. The minimum atomic E-state index is -0.781. The highest BCUT2D eigenvalue weighted by Gasteiger charge is 2.24. The van der Waals surface area contributed by atoms with Crippen LogP contribution < -0.4 is 5.32 Å². The molecule has 0 fully saturated rings. The zero-order valence-corrected chi connectivity index (χ0v) is 45.8. The molecule has 0 saturated heterocycles. The van der Waals surface area contributed by atoms with Gasteiger partial charge < -0.3 is 20.3 Å². The molecule has 3 N–H and O–H groups in total. The van der Waals surface area contributed by atoms with Gasteiger partial charge in [-0.25, -0.2) is 0 Å². The Morgan fingerprint density at radius 3 is 0.910 bits per heavy atom. The van der Waals surface area contributed by atoms with Gasteiger partial charge in [-0.2, -0.15) is 0 Å². The van der Waals surface area contributed by atoms with Gasteiger partial charge in [0.1, 0.15) is 6.10 Å². The van der Waals surface area contributed by atoms with Gasteiger partial charge in [0.25, 0.3) is 0 Å². The van der Waals surface area contributed by atoms with E-state index in [0.29, 0.717) is 19.3 Å². The Kier molecular flexibility index (Phi) is 54.8. The van der Waals surface area contributed by atoms with Crippen molar-refractivity contribution in [1.82, 2.24) is 5.32 Å². The third-order valence-corrected chi connectivity index (χ3v) is 14.7. The number of carbonyl (C=O) groups is 2. The number of hydrogen-bond acceptors (Lipinski definition) is 5. The van der Waals surface area contributed by atoms with Gasteiger partial charge in [0.15, 0.2) is 0 Å². The van der Waals surface area contributed by atoms with Gasteiger partial charge in [-0.15, -0.1) is 0 Å². The molecule has 0 radical (unpaired) electrons. The minimum absolute atomic E-state index is 0.0890. The number of aliphatic hydroxyl groups is 2. The van der Waals surface area contributed by atoms with E-state index in [9.17, 15) is 19.8 Å². The summed E-state index contributed by atoms with van der Waals surface area (Å²) in [7, 11) is 0. The van der Waals surface area contributed by atoms with E-state index < -0.39 is 18.2 Å². The molecular formula is C61H121NO5. The topological polar surface area (TPSA) is 95.9 Å². The Hall–Kier alpha value is -1.14. The lowest BCUT2D eigenvalue weighted by Crippen LogP contribution is -2.46. The van der Waals surface area contributed by atoms with Crippen LogP contribution in [0.15, 0.2) is 0 Å². The summed E-state index contributed by atoms with van der Waals surface area (Å²) in [5.74, 6) is -0.441. The van der Waals surface area contributed by atoms with E-state index in [1.165, 1.54) is 270 Å². The number of aliphatic hydroxyl groups excluding tert-OH is 2. The van der Waals surface area contributed by atoms with Crippen molar-refractivity contribution in [2.24, 2.45) is 0 Å². The van der Waals surface area contributed by atoms with Gasteiger partial charge in [-0.05, 0) is 25.7 Å². The summed E-state index contributed by atoms with van der Waals surface area (Å²) in [6.45, 7) is 6.55. The number of amides is 1. The molecular weight excluding hydrogens is 827 g/mol. The number of esters is 1. The van der Waals surface area contributed by atoms with Crippen molar-refractivity contribution in [2.75, 3.05) is 6.61 Å². The standard InChI is InChI=1S/C61H121NO5/c1-4-7-10-13-16-19-22-25-28-30-33-35-38-41-44-47-50-53-59(64)58(56-63)62-60(65)55-57(52-49-46-43-40-37-34-32-29-26-23-20-17-14-11-8-5-2)67-61(66)54-51-48-45-42-39-36-31-27-24-21-18-15-12-9-6-3/h57-59,63-64H,4-56H2,1-3H3,(H,62,65). The summed E-state index contributed by atoms with van der Waals surface area (Å²) in [5, 5.41) is 24.0. The Morgan fingerprint density at radius 1 is 0.373 bits per heavy atom. The third-order valence-electron chi connectivity index (χ3n) is 14.7. The van der Waals surface area contributed by atoms with E-state index in [1.807, 2.05) is 0 Å². The molecule has 0 spiro atoms. The van der Waals surface area contributed by atoms with Crippen LogP contribution in [0, 0.1) is 0 Å². The lowest BCUT2D eigenvalue weighted by atomic mass is 10.0. The van der Waals surface area contributed by atoms with Crippen molar-refractivity contribution in [3.8, 4) is 0 Å². The average molecular weight is 949 g/mol. The molecule has 67 heavy (non-hydrogen) atoms. The average Bonchev–Trinajstić information content (AvgIpc) is 3.32. The first-order valence-electron chi connectivity index (χ1n) is 30.8. The molecule has 0 rings (SSSR count). The van der Waals surface area contributed by atoms with Crippen LogP contribution in [-0.4, -0.2) is 46.9 Å². The minimum Gasteiger partial charge on any atom is -0.462 e. The number of unbranched alkanes of at least 4 members (excludes halogenated alkanes) is 45. The molecule has 1 amide bonds. The number of ether oxygens (including phenoxy) is 1. The fourth-order valence-corrected chi connectivity index (χ4v) is 10.0. The number of hydrogen-bond donors (Lipinski definition) is 3. The molecule has 3 atom stereocenters. The van der Waals surface area contributed by atoms with Crippen molar-refractivity contribution >= 4 is 11.9 Å². The van der Waals surface area contributed by atoms with Crippen LogP contribution in [0.2, 0.25) is 0 Å². The second-order valence-corrected chi connectivity index (χ2v) is 21.5. The van der Waals surface area contributed by atoms with E-state index in [0.717, 1.165) is 38.5 Å². The van der Waals surface area contributed by atoms with Crippen molar-refractivity contribution in [3.63, 3.8) is 0 Å². The zero-order valence-electron chi connectivity index (χ0n) is 45.8. The first-order chi connectivity index (χ1) is 33.0. The molecule has 0 aliphatic carbocycles. The van der Waals surface area contributed by atoms with Crippen molar-refractivity contribution in [3.05, 3.63) is 0 Å². The number of nitrogens with one attached hydrogen (secondary N) is 1. The molecule has 0 heterocycles. The lowest BCUT2D eigenvalue weighted by Gasteiger charge is -2.24. The predicted octanol–water partition coefficient (Wildman–Crippen LogP) is 19.1. The Labute approximate surface area is 419 Å². The van der Waals surface area contributed by atoms with Gasteiger partial charge in [-0.1, -0.05) is 316 Å². The summed E-state index contributed by atoms with van der Waals surface area (Å²) in [6, 6.07) is -0.694. The highest BCUT2D eigenvalue weighted by molar-refractivity contribution is 5.77. The molecule has 6 nitrogen and oxygen atoms in total. The highest BCUT2D eigenvalue weighted by Crippen LogP contribution is 2.20. The van der Waals surface area contributed by atoms with Crippen molar-refractivity contribution in [2.45, 2.75) is 373 Å². The number of rotatable bonds is 57. The van der Waals surface area contributed by atoms with Gasteiger partial charge in [-0.3, -0.25) is 9.59 Å². The monoisotopic (exact) mass is 948 g/mol. The zero-order chi connectivity index (χ0) is 48.8. The molecule has 0 aliphatic rings. The maximum atomic E-state index is 13.3. The van der Waals surface area contributed by atoms with Gasteiger partial charge >= 0.3 is 5.97 Å². The highest BCUT2D eigenvalue weighted by atomic mass is 16.5. The fraction of sp³-hybridized carbons (Fsp3) is 0.967. The van der Waals surface area contributed by atoms with Crippen LogP contribution in [-0.2, 0) is 14.3 Å². The molecule has 0 aromatic rings. The molecule has 0 aromatic carbocycles. The Bertz CT molecular complexity index is 975. The quantitative estimate of drug-likeness (QED) is 0.0417. The summed E-state index contributed by atoms with van der Waals surface area (Å²) in [4.78, 5) is 26.3. The maximum Gasteiger partial charge on any atom is 0.306 e. The van der Waals surface area contributed by atoms with Crippen LogP contribution in [0.25, 0.3) is 0 Å². The molecule has 0 bridgehead atoms. The van der Waals surface area contributed by atoms with Crippen LogP contribution in [0.3, 0.4) is 0 Å². The van der Waals surface area contributed by atoms with E-state index in [4.69, 9.17) is 4.74 Å². The van der Waals surface area contributed by atoms with Crippen LogP contribution in [0.5, 0.6) is 0 Å². The van der Waals surface area contributed by atoms with Crippen molar-refractivity contribution < 1.29 is 24.5 Å². The van der Waals surface area contributed by atoms with Crippen LogP contribution in [0.4, 0.5) is 0 Å². The van der Waals surface area contributed by atoms with Gasteiger partial charge in [0, 0.05) is 6.42 Å². The first-order valence-corrected chi connectivity index (χ1v) is 30.8. The molecule has 400 valence electrons. The fourth-order valence-electron chi connectivity index (χ4n) is 10.0. The summed E-state index contributed by atoms with van der Waals surface area (Å²) < 4.78 is 5.98. The predicted molar refractivity (Wildman–Crippen MR) is 292 cm³/mol. The normalized spacial score (nSPS) is 13.0. The summed E-state index contributed by atoms with van der Waals surface area (Å²) >= 11 is 0. The lowest BCUT2D eigenvalue weighted by molar-refractivity contribution is -0.151. The van der Waals surface area contributed by atoms with Gasteiger partial charge in [0.2, 0.25) is 5.91 Å². The van der Waals surface area contributed by atoms with Crippen LogP contribution >= 0.6 is 0 Å². The van der Waals surface area contributed by atoms with E-state index in [2.05, 4.69) is 26.1 Å². The van der Waals surface area contributed by atoms with E-state index in [1.54, 1.807) is 0 Å². The molecule has 0 aromatic heterocycles. The van der Waals surface area contributed by atoms with Crippen LogP contribution in [0.1, 0.15) is 355 Å². The maximum absolute atomic E-state index is 13.3. The summed E-state index contributed by atoms with van der Waals surface area (Å²) in [6.07, 6.45) is 63.2. The van der Waals surface area contributed by atoms with Crippen molar-refractivity contribution in [1.29, 1.82) is 0 Å². The summed E-state index contributed by atoms with van der Waals surface area (Å²) in [5.41, 5.74) is 0. The smallest absolute Gasteiger partial charge is 0.306 e. The second-order valence-electron chi connectivity index (χ2n) is 21.5. The largest absolute Gasteiger partial charge is 0.462 e. The Balaban J connectivity index is 4.46. The third kappa shape index (κ3) is 51.0. The van der Waals surface area contributed by atoms with Gasteiger partial charge in [0.05, 0.1) is 25.2 Å². The molecule has 0 saturated carbocycles. The molecule has 3 unspecified atom stereocenters. The number of carbonyl (C=O) groups excluding carboxylic acids is 2. The van der Waals surface area contributed by atoms with E-state index in [-0.39, 0.29) is 24.9 Å². The Morgan fingerprint density at radius 2 is 0.627 bits per heavy atom. The van der Waals surface area contributed by atoms with E-state index >= 15 is 0 Å². The SMILES string of the molecule is CCCCCCCCCCCCCCCCCCCC(O)C(CO)NC(=O)CC(CCCCCCCCCCCCCCCCCC)OC(=O)CCCCCCCCCCCCCCCCC. The second kappa shape index (κ2) is 55.8. The first kappa shape index (κ1) is 65.9. The molecule has 0 aliphatic heterocycles.